The molecule has 6 nitrogen and oxygen atoms in total. The summed E-state index contributed by atoms with van der Waals surface area (Å²) in [5.74, 6) is -1.67. The molecule has 1 aromatic carbocycles. The lowest BCUT2D eigenvalue weighted by molar-refractivity contribution is -0.169. The van der Waals surface area contributed by atoms with E-state index >= 15 is 0 Å². The third kappa shape index (κ3) is 7.68. The van der Waals surface area contributed by atoms with Gasteiger partial charge in [-0.05, 0) is 49.5 Å². The Bertz CT molecular complexity index is 879. The lowest BCUT2D eigenvalue weighted by Crippen LogP contribution is -2.35. The molecule has 0 saturated heterocycles. The molecule has 5 atom stereocenters. The molecule has 0 heterocycles. The first-order chi connectivity index (χ1) is 17.2. The number of benzene rings is 1. The molecule has 1 aromatic rings. The van der Waals surface area contributed by atoms with Crippen LogP contribution in [0.1, 0.15) is 90.5 Å². The molecular formula is C29H45O6P. The summed E-state index contributed by atoms with van der Waals surface area (Å²) in [5, 5.41) is 10.3. The Labute approximate surface area is 217 Å². The van der Waals surface area contributed by atoms with Crippen LogP contribution < -0.4 is 0 Å². The smallest absolute Gasteiger partial charge is 0.307 e. The molecule has 2 fully saturated rings. The van der Waals surface area contributed by atoms with E-state index < -0.39 is 37.2 Å². The van der Waals surface area contributed by atoms with Gasteiger partial charge in [0.05, 0.1) is 5.92 Å². The predicted molar refractivity (Wildman–Crippen MR) is 142 cm³/mol. The maximum absolute atomic E-state index is 14.7. The molecule has 0 aromatic heterocycles. The fourth-order valence-electron chi connectivity index (χ4n) is 6.16. The highest BCUT2D eigenvalue weighted by Crippen LogP contribution is 2.63. The summed E-state index contributed by atoms with van der Waals surface area (Å²) < 4.78 is 26.5. The van der Waals surface area contributed by atoms with Crippen molar-refractivity contribution in [1.29, 1.82) is 0 Å². The van der Waals surface area contributed by atoms with Crippen molar-refractivity contribution in [3.05, 3.63) is 35.9 Å². The summed E-state index contributed by atoms with van der Waals surface area (Å²) in [4.78, 5) is 24.7. The zero-order valence-corrected chi connectivity index (χ0v) is 23.2. The van der Waals surface area contributed by atoms with Crippen LogP contribution in [0.15, 0.2) is 30.3 Å². The van der Waals surface area contributed by atoms with Crippen molar-refractivity contribution in [2.24, 2.45) is 23.7 Å². The standard InChI is InChI=1S/C29H45O6P/c1-4-26(30)34-29(21(2)3)35-36(33,20-12-11-15-22-13-7-5-8-14-22)25-19-18-24(27(25)28(31)32)23-16-9-6-10-17-23/h5,7-8,13-14,21,23-25,27,29H,4,6,9-12,15-20H2,1-3H3,(H,31,32)/t24-,25?,27-,29+,36?/m1/s1. The van der Waals surface area contributed by atoms with Crippen LogP contribution in [0.3, 0.4) is 0 Å². The Morgan fingerprint density at radius 2 is 1.72 bits per heavy atom. The quantitative estimate of drug-likeness (QED) is 0.127. The second-order valence-electron chi connectivity index (χ2n) is 11.0. The minimum Gasteiger partial charge on any atom is -0.481 e. The van der Waals surface area contributed by atoms with E-state index in [1.54, 1.807) is 6.92 Å². The van der Waals surface area contributed by atoms with Crippen LogP contribution in [0.2, 0.25) is 0 Å². The number of carboxylic acid groups (broad SMARTS) is 1. The number of hydrogen-bond acceptors (Lipinski definition) is 5. The van der Waals surface area contributed by atoms with Crippen molar-refractivity contribution in [2.45, 2.75) is 103 Å². The van der Waals surface area contributed by atoms with Gasteiger partial charge in [0.1, 0.15) is 0 Å². The molecule has 0 aliphatic heterocycles. The maximum Gasteiger partial charge on any atom is 0.307 e. The highest BCUT2D eigenvalue weighted by atomic mass is 31.2. The van der Waals surface area contributed by atoms with Crippen molar-refractivity contribution in [2.75, 3.05) is 6.16 Å². The number of aryl methyl sites for hydroxylation is 1. The van der Waals surface area contributed by atoms with Crippen LogP contribution >= 0.6 is 7.37 Å². The minimum atomic E-state index is -3.42. The summed E-state index contributed by atoms with van der Waals surface area (Å²) in [5.41, 5.74) is 0.701. The summed E-state index contributed by atoms with van der Waals surface area (Å²) in [7, 11) is -3.42. The fraction of sp³-hybridized carbons (Fsp3) is 0.724. The van der Waals surface area contributed by atoms with Gasteiger partial charge in [-0.15, -0.1) is 0 Å². The van der Waals surface area contributed by atoms with Gasteiger partial charge >= 0.3 is 11.9 Å². The number of hydrogen-bond donors (Lipinski definition) is 1. The van der Waals surface area contributed by atoms with Crippen LogP contribution in [-0.4, -0.2) is 35.2 Å². The maximum atomic E-state index is 14.7. The molecular weight excluding hydrogens is 475 g/mol. The van der Waals surface area contributed by atoms with Gasteiger partial charge in [-0.1, -0.05) is 83.2 Å². The average molecular weight is 521 g/mol. The van der Waals surface area contributed by atoms with Gasteiger partial charge in [-0.25, -0.2) is 0 Å². The molecule has 3 rings (SSSR count). The summed E-state index contributed by atoms with van der Waals surface area (Å²) in [6.45, 7) is 5.47. The van der Waals surface area contributed by atoms with Gasteiger partial charge in [-0.2, -0.15) is 0 Å². The zero-order chi connectivity index (χ0) is 26.1. The number of rotatable bonds is 13. The summed E-state index contributed by atoms with van der Waals surface area (Å²) in [6.07, 6.45) is 9.00. The van der Waals surface area contributed by atoms with Crippen molar-refractivity contribution in [3.8, 4) is 0 Å². The normalized spacial score (nSPS) is 25.4. The van der Waals surface area contributed by atoms with Crippen molar-refractivity contribution >= 4 is 19.3 Å². The first-order valence-electron chi connectivity index (χ1n) is 14.0. The average Bonchev–Trinajstić information content (AvgIpc) is 3.34. The van der Waals surface area contributed by atoms with Gasteiger partial charge < -0.3 is 9.84 Å². The fourth-order valence-corrected chi connectivity index (χ4v) is 9.44. The highest BCUT2D eigenvalue weighted by molar-refractivity contribution is 7.59. The van der Waals surface area contributed by atoms with E-state index in [0.717, 1.165) is 44.9 Å². The molecule has 0 bridgehead atoms. The zero-order valence-electron chi connectivity index (χ0n) is 22.3. The molecule has 2 saturated carbocycles. The lowest BCUT2D eigenvalue weighted by Gasteiger charge is -2.35. The Hall–Kier alpha value is -1.65. The van der Waals surface area contributed by atoms with Crippen LogP contribution in [0.25, 0.3) is 0 Å². The largest absolute Gasteiger partial charge is 0.481 e. The minimum absolute atomic E-state index is 0.0461. The number of unbranched alkanes of at least 4 members (excludes halogenated alkanes) is 1. The molecule has 0 radical (unpaired) electrons. The first-order valence-corrected chi connectivity index (χ1v) is 15.9. The summed E-state index contributed by atoms with van der Waals surface area (Å²) >= 11 is 0. The van der Waals surface area contributed by atoms with E-state index in [1.807, 2.05) is 32.0 Å². The molecule has 2 unspecified atom stereocenters. The summed E-state index contributed by atoms with van der Waals surface area (Å²) in [6, 6.07) is 10.2. The van der Waals surface area contributed by atoms with E-state index in [0.29, 0.717) is 24.9 Å². The van der Waals surface area contributed by atoms with Gasteiger partial charge in [0, 0.05) is 24.2 Å². The monoisotopic (exact) mass is 520 g/mol. The highest BCUT2D eigenvalue weighted by Gasteiger charge is 2.53. The lowest BCUT2D eigenvalue weighted by atomic mass is 9.75. The van der Waals surface area contributed by atoms with E-state index in [-0.39, 0.29) is 18.3 Å². The number of carbonyl (C=O) groups excluding carboxylic acids is 1. The molecule has 7 heteroatoms. The Morgan fingerprint density at radius 3 is 2.33 bits per heavy atom. The Kier molecular flexibility index (Phi) is 11.1. The van der Waals surface area contributed by atoms with Crippen LogP contribution in [0, 0.1) is 23.7 Å². The predicted octanol–water partition coefficient (Wildman–Crippen LogP) is 7.30. The molecule has 0 spiro atoms. The van der Waals surface area contributed by atoms with E-state index in [2.05, 4.69) is 12.1 Å². The van der Waals surface area contributed by atoms with Crippen LogP contribution in [0.5, 0.6) is 0 Å². The third-order valence-electron chi connectivity index (χ3n) is 8.11. The molecule has 36 heavy (non-hydrogen) atoms. The number of aliphatic carboxylic acids is 1. The van der Waals surface area contributed by atoms with Crippen LogP contribution in [-0.2, 0) is 29.8 Å². The van der Waals surface area contributed by atoms with Gasteiger partial charge in [0.25, 0.3) is 0 Å². The van der Waals surface area contributed by atoms with Crippen molar-refractivity contribution in [1.82, 2.24) is 0 Å². The second-order valence-corrected chi connectivity index (χ2v) is 13.8. The Morgan fingerprint density at radius 1 is 1.03 bits per heavy atom. The number of ether oxygens (including phenoxy) is 1. The second kappa shape index (κ2) is 13.8. The molecule has 1 N–H and O–H groups in total. The topological polar surface area (TPSA) is 89.9 Å². The van der Waals surface area contributed by atoms with E-state index in [9.17, 15) is 19.3 Å². The molecule has 202 valence electrons. The van der Waals surface area contributed by atoms with Crippen LogP contribution in [0.4, 0.5) is 0 Å². The Balaban J connectivity index is 1.80. The van der Waals surface area contributed by atoms with Crippen molar-refractivity contribution < 1.29 is 28.5 Å². The number of esters is 1. The van der Waals surface area contributed by atoms with Gasteiger partial charge in [0.15, 0.2) is 0 Å². The molecule has 2 aliphatic rings. The van der Waals surface area contributed by atoms with Gasteiger partial charge in [-0.3, -0.25) is 18.7 Å². The molecule has 2 aliphatic carbocycles. The number of carboxylic acids is 1. The number of carbonyl (C=O) groups is 2. The third-order valence-corrected chi connectivity index (χ3v) is 11.2. The van der Waals surface area contributed by atoms with E-state index in [4.69, 9.17) is 9.26 Å². The first kappa shape index (κ1) is 28.9. The molecule has 0 amide bonds. The van der Waals surface area contributed by atoms with E-state index in [1.165, 1.54) is 12.0 Å². The SMILES string of the molecule is CCC(=O)O[C@@H](OP(=O)(CCCCc1ccccc1)C1CC[C@H](C2CCCCC2)[C@H]1C(=O)O)C(C)C. The van der Waals surface area contributed by atoms with Crippen molar-refractivity contribution in [3.63, 3.8) is 0 Å². The van der Waals surface area contributed by atoms with Gasteiger partial charge in [0.2, 0.25) is 13.7 Å².